The predicted molar refractivity (Wildman–Crippen MR) is 91.2 cm³/mol. The van der Waals surface area contributed by atoms with Crippen molar-refractivity contribution < 1.29 is 33.0 Å². The molecular formula is C17H19NO8S. The predicted octanol–water partition coefficient (Wildman–Crippen LogP) is 0.887. The van der Waals surface area contributed by atoms with Crippen molar-refractivity contribution in [2.24, 2.45) is 5.92 Å². The molecule has 4 rings (SSSR count). The number of hydrogen-bond acceptors (Lipinski definition) is 9. The summed E-state index contributed by atoms with van der Waals surface area (Å²) in [5.41, 5.74) is 0.155. The average Bonchev–Trinajstić information content (AvgIpc) is 3.29. The number of esters is 1. The summed E-state index contributed by atoms with van der Waals surface area (Å²) in [6.45, 7) is 3.40. The Labute approximate surface area is 158 Å². The summed E-state index contributed by atoms with van der Waals surface area (Å²) >= 11 is 1.37. The molecule has 2 fully saturated rings. The smallest absolute Gasteiger partial charge is 0.453 e. The molecule has 3 aliphatic heterocycles. The molecule has 2 saturated heterocycles. The highest BCUT2D eigenvalue weighted by molar-refractivity contribution is 8.04. The molecule has 1 N–H and O–H groups in total. The highest BCUT2D eigenvalue weighted by atomic mass is 32.2. The van der Waals surface area contributed by atoms with Crippen molar-refractivity contribution in [1.82, 2.24) is 4.90 Å². The van der Waals surface area contributed by atoms with Gasteiger partial charge in [0.05, 0.1) is 18.1 Å². The Bertz CT molecular complexity index is 863. The first-order valence-electron chi connectivity index (χ1n) is 8.68. The maximum Gasteiger partial charge on any atom is 0.519 e. The minimum Gasteiger partial charge on any atom is -0.453 e. The zero-order valence-corrected chi connectivity index (χ0v) is 15.6. The summed E-state index contributed by atoms with van der Waals surface area (Å²) in [5, 5.41) is 9.53. The lowest BCUT2D eigenvalue weighted by atomic mass is 9.92. The van der Waals surface area contributed by atoms with Crippen LogP contribution in [0.5, 0.6) is 0 Å². The number of aliphatic hydroxyl groups is 1. The Morgan fingerprint density at radius 2 is 2.19 bits per heavy atom. The molecule has 10 heteroatoms. The standard InChI is InChI=1S/C17H19NO8S/c1-7(19)11-14(20)18-12(13(27-15(11)18)9-4-3-5-23-9)16(21)24-6-10-8(2)25-17(22)26-10/h7,9,11,15,19H,3-6H2,1-2H3/t7?,9-,11+,15-/m0/s1. The van der Waals surface area contributed by atoms with E-state index in [1.54, 1.807) is 6.92 Å². The van der Waals surface area contributed by atoms with Gasteiger partial charge in [0, 0.05) is 11.5 Å². The van der Waals surface area contributed by atoms with E-state index in [1.165, 1.54) is 23.6 Å². The number of nitrogens with zero attached hydrogens (tertiary/aromatic N) is 1. The number of carbonyl (C=O) groups excluding carboxylic acids is 2. The Morgan fingerprint density at radius 1 is 1.41 bits per heavy atom. The Hall–Kier alpha value is -2.04. The maximum absolute atomic E-state index is 12.8. The first-order chi connectivity index (χ1) is 12.9. The van der Waals surface area contributed by atoms with Crippen LogP contribution in [0.4, 0.5) is 0 Å². The van der Waals surface area contributed by atoms with Gasteiger partial charge in [0.1, 0.15) is 11.1 Å². The quantitative estimate of drug-likeness (QED) is 0.570. The molecule has 1 amide bonds. The number of carbonyl (C=O) groups is 2. The van der Waals surface area contributed by atoms with E-state index in [2.05, 4.69) is 0 Å². The third-order valence-corrected chi connectivity index (χ3v) is 6.37. The number of aryl methyl sites for hydroxylation is 1. The van der Waals surface area contributed by atoms with Crippen LogP contribution in [0.1, 0.15) is 31.3 Å². The lowest BCUT2D eigenvalue weighted by Crippen LogP contribution is -2.60. The van der Waals surface area contributed by atoms with Crippen molar-refractivity contribution >= 4 is 23.6 Å². The van der Waals surface area contributed by atoms with Gasteiger partial charge in [-0.25, -0.2) is 9.59 Å². The third-order valence-electron chi connectivity index (χ3n) is 4.91. The van der Waals surface area contributed by atoms with Gasteiger partial charge in [-0.05, 0) is 26.7 Å². The minimum absolute atomic E-state index is 0.117. The fourth-order valence-electron chi connectivity index (χ4n) is 3.52. The monoisotopic (exact) mass is 397 g/mol. The van der Waals surface area contributed by atoms with E-state index < -0.39 is 23.8 Å². The van der Waals surface area contributed by atoms with Crippen LogP contribution in [0.25, 0.3) is 0 Å². The first kappa shape index (κ1) is 18.3. The highest BCUT2D eigenvalue weighted by Gasteiger charge is 2.58. The van der Waals surface area contributed by atoms with E-state index in [0.717, 1.165) is 12.8 Å². The lowest BCUT2D eigenvalue weighted by molar-refractivity contribution is -0.158. The van der Waals surface area contributed by atoms with Gasteiger partial charge in [-0.1, -0.05) is 11.8 Å². The molecule has 0 spiro atoms. The van der Waals surface area contributed by atoms with Gasteiger partial charge in [0.15, 0.2) is 18.1 Å². The molecule has 0 aliphatic carbocycles. The maximum atomic E-state index is 12.8. The fourth-order valence-corrected chi connectivity index (χ4v) is 5.21. The van der Waals surface area contributed by atoms with Crippen molar-refractivity contribution in [3.8, 4) is 0 Å². The summed E-state index contributed by atoms with van der Waals surface area (Å²) in [6, 6.07) is 0. The number of β-lactam (4-membered cyclic amide) rings is 1. The topological polar surface area (TPSA) is 119 Å². The van der Waals surface area contributed by atoms with Crippen LogP contribution in [0.3, 0.4) is 0 Å². The molecule has 0 aromatic carbocycles. The molecule has 146 valence electrons. The second-order valence-corrected chi connectivity index (χ2v) is 7.87. The van der Waals surface area contributed by atoms with Crippen LogP contribution >= 0.6 is 11.8 Å². The van der Waals surface area contributed by atoms with Crippen molar-refractivity contribution in [1.29, 1.82) is 0 Å². The lowest BCUT2D eigenvalue weighted by Gasteiger charge is -2.43. The molecule has 9 nitrogen and oxygen atoms in total. The van der Waals surface area contributed by atoms with Crippen LogP contribution in [-0.4, -0.2) is 46.1 Å². The molecule has 0 saturated carbocycles. The van der Waals surface area contributed by atoms with E-state index in [9.17, 15) is 19.5 Å². The van der Waals surface area contributed by atoms with Gasteiger partial charge >= 0.3 is 11.8 Å². The zero-order valence-electron chi connectivity index (χ0n) is 14.8. The SMILES string of the molecule is Cc1oc(=O)oc1COC(=O)C1=C([C@@H]2CCCO2)S[C@H]2[C@H](C(C)O)C(=O)N12. The van der Waals surface area contributed by atoms with Gasteiger partial charge in [0.25, 0.3) is 0 Å². The molecule has 4 atom stereocenters. The summed E-state index contributed by atoms with van der Waals surface area (Å²) in [6.07, 6.45) is 0.548. The van der Waals surface area contributed by atoms with Gasteiger partial charge < -0.3 is 23.4 Å². The van der Waals surface area contributed by atoms with Gasteiger partial charge in [-0.15, -0.1) is 0 Å². The highest BCUT2D eigenvalue weighted by Crippen LogP contribution is 2.52. The summed E-state index contributed by atoms with van der Waals surface area (Å²) < 4.78 is 20.5. The Morgan fingerprint density at radius 3 is 2.78 bits per heavy atom. The van der Waals surface area contributed by atoms with Crippen molar-refractivity contribution in [3.05, 3.63) is 32.7 Å². The number of fused-ring (bicyclic) bond motifs is 1. The molecule has 1 unspecified atom stereocenters. The molecule has 27 heavy (non-hydrogen) atoms. The van der Waals surface area contributed by atoms with Gasteiger partial charge in [-0.2, -0.15) is 0 Å². The number of ether oxygens (including phenoxy) is 2. The van der Waals surface area contributed by atoms with E-state index in [-0.39, 0.29) is 41.2 Å². The zero-order chi connectivity index (χ0) is 19.3. The molecule has 1 aromatic rings. The molecule has 4 heterocycles. The summed E-state index contributed by atoms with van der Waals surface area (Å²) in [4.78, 5) is 38.4. The van der Waals surface area contributed by atoms with Crippen LogP contribution in [0.2, 0.25) is 0 Å². The molecule has 3 aliphatic rings. The fraction of sp³-hybridized carbons (Fsp3) is 0.588. The van der Waals surface area contributed by atoms with E-state index >= 15 is 0 Å². The number of aliphatic hydroxyl groups excluding tert-OH is 1. The van der Waals surface area contributed by atoms with E-state index in [0.29, 0.717) is 11.5 Å². The second-order valence-electron chi connectivity index (χ2n) is 6.71. The Kier molecular flexibility index (Phi) is 4.65. The largest absolute Gasteiger partial charge is 0.519 e. The molecule has 0 radical (unpaired) electrons. The van der Waals surface area contributed by atoms with Gasteiger partial charge in [0.2, 0.25) is 5.91 Å². The minimum atomic E-state index is -0.869. The number of rotatable bonds is 5. The van der Waals surface area contributed by atoms with Gasteiger partial charge in [-0.3, -0.25) is 9.69 Å². The average molecular weight is 397 g/mol. The first-order valence-corrected chi connectivity index (χ1v) is 9.56. The van der Waals surface area contributed by atoms with Crippen molar-refractivity contribution in [2.45, 2.75) is 50.9 Å². The van der Waals surface area contributed by atoms with E-state index in [4.69, 9.17) is 18.3 Å². The second kappa shape index (κ2) is 6.84. The molecular weight excluding hydrogens is 378 g/mol. The van der Waals surface area contributed by atoms with E-state index in [1.807, 2.05) is 0 Å². The normalized spacial score (nSPS) is 28.3. The summed E-state index contributed by atoms with van der Waals surface area (Å²) in [7, 11) is 0. The van der Waals surface area contributed by atoms with Crippen LogP contribution in [-0.2, 0) is 25.7 Å². The number of amides is 1. The van der Waals surface area contributed by atoms with Crippen LogP contribution in [0.15, 0.2) is 24.2 Å². The van der Waals surface area contributed by atoms with Crippen molar-refractivity contribution in [3.63, 3.8) is 0 Å². The summed E-state index contributed by atoms with van der Waals surface area (Å²) in [5.74, 6) is -2.09. The van der Waals surface area contributed by atoms with Crippen LogP contribution in [0, 0.1) is 12.8 Å². The molecule has 1 aromatic heterocycles. The van der Waals surface area contributed by atoms with Crippen molar-refractivity contribution in [2.75, 3.05) is 6.61 Å². The third kappa shape index (κ3) is 3.01. The number of thioether (sulfide) groups is 1. The Balaban J connectivity index is 1.57. The number of hydrogen-bond donors (Lipinski definition) is 1. The van der Waals surface area contributed by atoms with Crippen LogP contribution < -0.4 is 5.82 Å². The molecule has 0 bridgehead atoms.